The zero-order chi connectivity index (χ0) is 16.3. The lowest BCUT2D eigenvalue weighted by Crippen LogP contribution is -2.31. The van der Waals surface area contributed by atoms with Crippen molar-refractivity contribution < 1.29 is 13.2 Å². The van der Waals surface area contributed by atoms with Gasteiger partial charge in [-0.3, -0.25) is 0 Å². The molecule has 1 unspecified atom stereocenters. The van der Waals surface area contributed by atoms with Crippen molar-refractivity contribution in [2.24, 2.45) is 5.92 Å². The Morgan fingerprint density at radius 3 is 2.23 bits per heavy atom. The summed E-state index contributed by atoms with van der Waals surface area (Å²) in [7, 11) is -1.94. The maximum absolute atomic E-state index is 12.5. The van der Waals surface area contributed by atoms with Crippen LogP contribution in [-0.2, 0) is 10.0 Å². The van der Waals surface area contributed by atoms with Gasteiger partial charge in [-0.2, -0.15) is 0 Å². The van der Waals surface area contributed by atoms with E-state index in [0.29, 0.717) is 4.21 Å². The minimum Gasteiger partial charge on any atom is -0.497 e. The van der Waals surface area contributed by atoms with Gasteiger partial charge in [0.05, 0.1) is 10.9 Å². The largest absolute Gasteiger partial charge is 0.497 e. The molecule has 1 aromatic carbocycles. The molecule has 0 saturated carbocycles. The van der Waals surface area contributed by atoms with E-state index in [9.17, 15) is 8.42 Å². The minimum atomic E-state index is -3.54. The first-order chi connectivity index (χ1) is 10.3. The Morgan fingerprint density at radius 2 is 1.77 bits per heavy atom. The van der Waals surface area contributed by atoms with Crippen molar-refractivity contribution in [3.05, 3.63) is 45.7 Å². The van der Waals surface area contributed by atoms with Crippen molar-refractivity contribution in [1.82, 2.24) is 4.72 Å². The molecule has 2 aromatic rings. The fourth-order valence-corrected chi connectivity index (χ4v) is 5.47. The van der Waals surface area contributed by atoms with E-state index < -0.39 is 10.0 Å². The first kappa shape index (κ1) is 17.5. The van der Waals surface area contributed by atoms with Crippen LogP contribution in [0.1, 0.15) is 25.5 Å². The number of nitrogens with one attached hydrogen (secondary N) is 1. The summed E-state index contributed by atoms with van der Waals surface area (Å²) in [6.45, 7) is 3.98. The number of methoxy groups -OCH3 is 1. The summed E-state index contributed by atoms with van der Waals surface area (Å²) in [6, 6.07) is 10.5. The number of rotatable bonds is 6. The normalized spacial score (nSPS) is 13.3. The molecule has 0 spiro atoms. The SMILES string of the molecule is COc1ccc(C(NS(=O)(=O)c2ccc(Br)s2)C(C)C)cc1. The Kier molecular flexibility index (Phi) is 5.65. The van der Waals surface area contributed by atoms with Gasteiger partial charge >= 0.3 is 0 Å². The average Bonchev–Trinajstić information content (AvgIpc) is 2.92. The lowest BCUT2D eigenvalue weighted by molar-refractivity contribution is 0.413. The number of hydrogen-bond donors (Lipinski definition) is 1. The van der Waals surface area contributed by atoms with Crippen molar-refractivity contribution in [1.29, 1.82) is 0 Å². The van der Waals surface area contributed by atoms with Gasteiger partial charge in [-0.1, -0.05) is 26.0 Å². The second-order valence-corrected chi connectivity index (χ2v) is 9.58. The molecular weight excluding hydrogens is 386 g/mol. The zero-order valence-corrected chi connectivity index (χ0v) is 15.8. The van der Waals surface area contributed by atoms with Crippen LogP contribution in [0.2, 0.25) is 0 Å². The molecule has 7 heteroatoms. The molecule has 0 bridgehead atoms. The molecule has 0 saturated heterocycles. The van der Waals surface area contributed by atoms with E-state index in [1.807, 2.05) is 38.1 Å². The fourth-order valence-electron chi connectivity index (χ4n) is 2.07. The molecule has 0 amide bonds. The van der Waals surface area contributed by atoms with Gasteiger partial charge < -0.3 is 4.74 Å². The number of ether oxygens (including phenoxy) is 1. The van der Waals surface area contributed by atoms with E-state index in [1.165, 1.54) is 11.3 Å². The van der Waals surface area contributed by atoms with Gasteiger partial charge in [0.1, 0.15) is 9.96 Å². The van der Waals surface area contributed by atoms with Crippen LogP contribution < -0.4 is 9.46 Å². The number of sulfonamides is 1. The molecule has 1 aromatic heterocycles. The molecule has 0 aliphatic heterocycles. The van der Waals surface area contributed by atoms with Crippen LogP contribution in [0.5, 0.6) is 5.75 Å². The van der Waals surface area contributed by atoms with Gasteiger partial charge in [-0.25, -0.2) is 13.1 Å². The number of benzene rings is 1. The lowest BCUT2D eigenvalue weighted by atomic mass is 9.97. The van der Waals surface area contributed by atoms with Crippen molar-refractivity contribution in [2.75, 3.05) is 7.11 Å². The van der Waals surface area contributed by atoms with Crippen molar-refractivity contribution in [3.8, 4) is 5.75 Å². The summed E-state index contributed by atoms with van der Waals surface area (Å²) in [5.74, 6) is 0.864. The zero-order valence-electron chi connectivity index (χ0n) is 12.5. The monoisotopic (exact) mass is 403 g/mol. The Hall–Kier alpha value is -0.890. The van der Waals surface area contributed by atoms with Gasteiger partial charge in [-0.05, 0) is 51.7 Å². The van der Waals surface area contributed by atoms with Crippen LogP contribution in [0, 0.1) is 5.92 Å². The van der Waals surface area contributed by atoms with Crippen molar-refractivity contribution in [3.63, 3.8) is 0 Å². The van der Waals surface area contributed by atoms with Crippen molar-refractivity contribution in [2.45, 2.75) is 24.1 Å². The highest BCUT2D eigenvalue weighted by Gasteiger charge is 2.25. The van der Waals surface area contributed by atoms with Crippen LogP contribution in [0.15, 0.2) is 44.4 Å². The highest BCUT2D eigenvalue weighted by Crippen LogP contribution is 2.30. The summed E-state index contributed by atoms with van der Waals surface area (Å²) >= 11 is 4.49. The molecule has 0 fully saturated rings. The molecular formula is C15H18BrNO3S2. The number of thiophene rings is 1. The molecule has 22 heavy (non-hydrogen) atoms. The standard InChI is InChI=1S/C15H18BrNO3S2/c1-10(2)15(11-4-6-12(20-3)7-5-11)17-22(18,19)14-9-8-13(16)21-14/h4-10,15,17H,1-3H3. The van der Waals surface area contributed by atoms with E-state index in [4.69, 9.17) is 4.74 Å². The molecule has 1 N–H and O–H groups in total. The van der Waals surface area contributed by atoms with Gasteiger partial charge in [0.15, 0.2) is 0 Å². The first-order valence-corrected chi connectivity index (χ1v) is 9.84. The highest BCUT2D eigenvalue weighted by molar-refractivity contribution is 9.11. The predicted molar refractivity (Wildman–Crippen MR) is 92.9 cm³/mol. The van der Waals surface area contributed by atoms with E-state index >= 15 is 0 Å². The van der Waals surface area contributed by atoms with Crippen LogP contribution in [-0.4, -0.2) is 15.5 Å². The predicted octanol–water partition coefficient (Wildman–Crippen LogP) is 4.19. The molecule has 2 rings (SSSR count). The molecule has 0 radical (unpaired) electrons. The summed E-state index contributed by atoms with van der Waals surface area (Å²) < 4.78 is 34.1. The second kappa shape index (κ2) is 7.12. The van der Waals surface area contributed by atoms with Crippen LogP contribution >= 0.6 is 27.3 Å². The van der Waals surface area contributed by atoms with E-state index in [2.05, 4.69) is 20.7 Å². The summed E-state index contributed by atoms with van der Waals surface area (Å²) in [6.07, 6.45) is 0. The van der Waals surface area contributed by atoms with E-state index in [-0.39, 0.29) is 12.0 Å². The van der Waals surface area contributed by atoms with Gasteiger partial charge in [-0.15, -0.1) is 11.3 Å². The molecule has 120 valence electrons. The summed E-state index contributed by atoms with van der Waals surface area (Å²) in [4.78, 5) is 0. The minimum absolute atomic E-state index is 0.117. The molecule has 0 aliphatic rings. The van der Waals surface area contributed by atoms with Crippen LogP contribution in [0.3, 0.4) is 0 Å². The summed E-state index contributed by atoms with van der Waals surface area (Å²) in [5.41, 5.74) is 0.912. The third-order valence-electron chi connectivity index (χ3n) is 3.24. The lowest BCUT2D eigenvalue weighted by Gasteiger charge is -2.22. The number of halogens is 1. The molecule has 1 atom stereocenters. The Balaban J connectivity index is 2.28. The molecule has 4 nitrogen and oxygen atoms in total. The summed E-state index contributed by atoms with van der Waals surface area (Å²) in [5, 5.41) is 0. The maximum atomic E-state index is 12.5. The van der Waals surface area contributed by atoms with Crippen LogP contribution in [0.4, 0.5) is 0 Å². The third-order valence-corrected chi connectivity index (χ3v) is 6.79. The van der Waals surface area contributed by atoms with Crippen molar-refractivity contribution >= 4 is 37.3 Å². The smallest absolute Gasteiger partial charge is 0.250 e. The second-order valence-electron chi connectivity index (χ2n) is 5.17. The molecule has 0 aliphatic carbocycles. The Bertz CT molecular complexity index is 724. The van der Waals surface area contributed by atoms with E-state index in [1.54, 1.807) is 19.2 Å². The number of hydrogen-bond acceptors (Lipinski definition) is 4. The van der Waals surface area contributed by atoms with E-state index in [0.717, 1.165) is 15.1 Å². The highest BCUT2D eigenvalue weighted by atomic mass is 79.9. The Morgan fingerprint density at radius 1 is 1.14 bits per heavy atom. The quantitative estimate of drug-likeness (QED) is 0.786. The fraction of sp³-hybridized carbons (Fsp3) is 0.333. The van der Waals surface area contributed by atoms with Gasteiger partial charge in [0.2, 0.25) is 0 Å². The third kappa shape index (κ3) is 4.10. The molecule has 1 heterocycles. The first-order valence-electron chi connectivity index (χ1n) is 6.75. The topological polar surface area (TPSA) is 55.4 Å². The van der Waals surface area contributed by atoms with Crippen LogP contribution in [0.25, 0.3) is 0 Å². The Labute approximate surface area is 143 Å². The van der Waals surface area contributed by atoms with Gasteiger partial charge in [0.25, 0.3) is 10.0 Å². The average molecular weight is 404 g/mol. The maximum Gasteiger partial charge on any atom is 0.250 e. The van der Waals surface area contributed by atoms with Gasteiger partial charge in [0, 0.05) is 6.04 Å².